The zero-order valence-electron chi connectivity index (χ0n) is 9.38. The van der Waals surface area contributed by atoms with E-state index >= 15 is 0 Å². The first-order chi connectivity index (χ1) is 8.99. The number of carbonyl (C=O) groups is 1. The van der Waals surface area contributed by atoms with E-state index in [1.807, 2.05) is 0 Å². The van der Waals surface area contributed by atoms with E-state index in [4.69, 9.17) is 34.8 Å². The molecule has 1 N–H and O–H groups in total. The molecule has 0 heterocycles. The standard InChI is InChI=1S/C13H7BrCl3NO/c14-8-5-4-7(15)6-11(8)18-13(19)12-9(16)2-1-3-10(12)17/h1-6H,(H,18,19). The fraction of sp³-hybridized carbons (Fsp3) is 0. The van der Waals surface area contributed by atoms with Gasteiger partial charge >= 0.3 is 0 Å². The minimum atomic E-state index is -0.390. The molecule has 0 spiro atoms. The molecule has 19 heavy (non-hydrogen) atoms. The lowest BCUT2D eigenvalue weighted by Gasteiger charge is -2.10. The lowest BCUT2D eigenvalue weighted by atomic mass is 10.2. The van der Waals surface area contributed by atoms with E-state index in [1.54, 1.807) is 36.4 Å². The van der Waals surface area contributed by atoms with Gasteiger partial charge in [-0.2, -0.15) is 0 Å². The van der Waals surface area contributed by atoms with Crippen molar-refractivity contribution in [1.29, 1.82) is 0 Å². The topological polar surface area (TPSA) is 29.1 Å². The lowest BCUT2D eigenvalue weighted by Crippen LogP contribution is -2.13. The molecule has 0 saturated heterocycles. The van der Waals surface area contributed by atoms with Crippen molar-refractivity contribution in [3.05, 3.63) is 61.5 Å². The van der Waals surface area contributed by atoms with Gasteiger partial charge in [-0.05, 0) is 46.3 Å². The van der Waals surface area contributed by atoms with Crippen molar-refractivity contribution in [3.8, 4) is 0 Å². The Labute approximate surface area is 133 Å². The fourth-order valence-corrected chi connectivity index (χ4v) is 2.58. The second-order valence-corrected chi connectivity index (χ2v) is 5.78. The monoisotopic (exact) mass is 377 g/mol. The first kappa shape index (κ1) is 14.7. The average molecular weight is 379 g/mol. The van der Waals surface area contributed by atoms with E-state index in [0.29, 0.717) is 25.2 Å². The molecule has 0 radical (unpaired) electrons. The highest BCUT2D eigenvalue weighted by molar-refractivity contribution is 9.10. The van der Waals surface area contributed by atoms with Gasteiger partial charge in [-0.15, -0.1) is 0 Å². The van der Waals surface area contributed by atoms with Crippen LogP contribution in [0.1, 0.15) is 10.4 Å². The summed E-state index contributed by atoms with van der Waals surface area (Å²) in [6.45, 7) is 0. The molecule has 1 amide bonds. The van der Waals surface area contributed by atoms with Crippen LogP contribution in [0.4, 0.5) is 5.69 Å². The Morgan fingerprint density at radius 3 is 2.32 bits per heavy atom. The Hall–Kier alpha value is -0.740. The number of hydrogen-bond acceptors (Lipinski definition) is 1. The van der Waals surface area contributed by atoms with Crippen molar-refractivity contribution in [3.63, 3.8) is 0 Å². The Morgan fingerprint density at radius 1 is 1.05 bits per heavy atom. The summed E-state index contributed by atoms with van der Waals surface area (Å²) in [7, 11) is 0. The molecular formula is C13H7BrCl3NO. The van der Waals surface area contributed by atoms with Gasteiger partial charge in [0.2, 0.25) is 0 Å². The summed E-state index contributed by atoms with van der Waals surface area (Å²) in [6.07, 6.45) is 0. The summed E-state index contributed by atoms with van der Waals surface area (Å²) >= 11 is 21.2. The lowest BCUT2D eigenvalue weighted by molar-refractivity contribution is 0.102. The van der Waals surface area contributed by atoms with Crippen molar-refractivity contribution in [2.24, 2.45) is 0 Å². The summed E-state index contributed by atoms with van der Waals surface area (Å²) in [4.78, 5) is 12.2. The largest absolute Gasteiger partial charge is 0.321 e. The maximum absolute atomic E-state index is 12.2. The van der Waals surface area contributed by atoms with Crippen molar-refractivity contribution in [2.75, 3.05) is 5.32 Å². The molecule has 2 aromatic rings. The maximum atomic E-state index is 12.2. The van der Waals surface area contributed by atoms with E-state index in [1.165, 1.54) is 0 Å². The van der Waals surface area contributed by atoms with E-state index in [9.17, 15) is 4.79 Å². The van der Waals surface area contributed by atoms with Gasteiger partial charge < -0.3 is 5.32 Å². The van der Waals surface area contributed by atoms with Crippen LogP contribution in [0.3, 0.4) is 0 Å². The van der Waals surface area contributed by atoms with Gasteiger partial charge in [-0.25, -0.2) is 0 Å². The second kappa shape index (κ2) is 6.14. The molecule has 2 aromatic carbocycles. The molecule has 0 bridgehead atoms. The molecule has 98 valence electrons. The Bertz CT molecular complexity index is 626. The SMILES string of the molecule is O=C(Nc1cc(Cl)ccc1Br)c1c(Cl)cccc1Cl. The summed E-state index contributed by atoms with van der Waals surface area (Å²) in [5, 5.41) is 3.82. The Morgan fingerprint density at radius 2 is 1.68 bits per heavy atom. The summed E-state index contributed by atoms with van der Waals surface area (Å²) in [6, 6.07) is 9.98. The Kier molecular flexibility index (Phi) is 4.74. The molecule has 0 aliphatic heterocycles. The minimum Gasteiger partial charge on any atom is -0.321 e. The smallest absolute Gasteiger partial charge is 0.258 e. The minimum absolute atomic E-state index is 0.234. The number of amides is 1. The van der Waals surface area contributed by atoms with E-state index < -0.39 is 5.91 Å². The van der Waals surface area contributed by atoms with Crippen LogP contribution in [0, 0.1) is 0 Å². The van der Waals surface area contributed by atoms with Crippen molar-refractivity contribution in [1.82, 2.24) is 0 Å². The zero-order chi connectivity index (χ0) is 14.0. The first-order valence-corrected chi connectivity index (χ1v) is 7.12. The molecule has 0 aliphatic rings. The van der Waals surface area contributed by atoms with E-state index in [0.717, 1.165) is 0 Å². The average Bonchev–Trinajstić information content (AvgIpc) is 2.33. The maximum Gasteiger partial charge on any atom is 0.258 e. The quantitative estimate of drug-likeness (QED) is 0.716. The number of hydrogen-bond donors (Lipinski definition) is 1. The van der Waals surface area contributed by atoms with Crippen LogP contribution in [0.15, 0.2) is 40.9 Å². The molecule has 0 saturated carbocycles. The third-order valence-corrected chi connectivity index (χ3v) is 3.92. The van der Waals surface area contributed by atoms with Crippen molar-refractivity contribution >= 4 is 62.3 Å². The zero-order valence-corrected chi connectivity index (χ0v) is 13.2. The van der Waals surface area contributed by atoms with Crippen LogP contribution in [-0.4, -0.2) is 5.91 Å². The molecule has 0 unspecified atom stereocenters. The summed E-state index contributed by atoms with van der Waals surface area (Å²) < 4.78 is 0.716. The highest BCUT2D eigenvalue weighted by atomic mass is 79.9. The molecule has 0 atom stereocenters. The summed E-state index contributed by atoms with van der Waals surface area (Å²) in [5.41, 5.74) is 0.784. The predicted molar refractivity (Wildman–Crippen MR) is 83.6 cm³/mol. The third kappa shape index (κ3) is 3.42. The third-order valence-electron chi connectivity index (χ3n) is 2.37. The van der Waals surface area contributed by atoms with Gasteiger partial charge in [0.15, 0.2) is 0 Å². The fourth-order valence-electron chi connectivity index (χ4n) is 1.49. The first-order valence-electron chi connectivity index (χ1n) is 5.19. The molecule has 0 fully saturated rings. The van der Waals surface area contributed by atoms with Gasteiger partial charge in [0, 0.05) is 9.50 Å². The van der Waals surface area contributed by atoms with Gasteiger partial charge in [0.1, 0.15) is 0 Å². The van der Waals surface area contributed by atoms with Crippen LogP contribution in [0.5, 0.6) is 0 Å². The number of halogens is 4. The number of nitrogens with one attached hydrogen (secondary N) is 1. The molecule has 2 nitrogen and oxygen atoms in total. The molecule has 0 aliphatic carbocycles. The van der Waals surface area contributed by atoms with E-state index in [-0.39, 0.29) is 5.56 Å². The number of anilines is 1. The van der Waals surface area contributed by atoms with Crippen LogP contribution in [-0.2, 0) is 0 Å². The normalized spacial score (nSPS) is 10.3. The van der Waals surface area contributed by atoms with Crippen LogP contribution >= 0.6 is 50.7 Å². The highest BCUT2D eigenvalue weighted by Gasteiger charge is 2.15. The second-order valence-electron chi connectivity index (χ2n) is 3.67. The van der Waals surface area contributed by atoms with Gasteiger partial charge in [-0.1, -0.05) is 40.9 Å². The van der Waals surface area contributed by atoms with Crippen LogP contribution in [0.2, 0.25) is 15.1 Å². The van der Waals surface area contributed by atoms with Crippen molar-refractivity contribution < 1.29 is 4.79 Å². The van der Waals surface area contributed by atoms with E-state index in [2.05, 4.69) is 21.2 Å². The van der Waals surface area contributed by atoms with Gasteiger partial charge in [0.05, 0.1) is 21.3 Å². The van der Waals surface area contributed by atoms with Crippen molar-refractivity contribution in [2.45, 2.75) is 0 Å². The van der Waals surface area contributed by atoms with Gasteiger partial charge in [0.25, 0.3) is 5.91 Å². The molecule has 6 heteroatoms. The molecular weight excluding hydrogens is 372 g/mol. The highest BCUT2D eigenvalue weighted by Crippen LogP contribution is 2.29. The molecule has 2 rings (SSSR count). The molecule has 0 aromatic heterocycles. The number of benzene rings is 2. The number of carbonyl (C=O) groups excluding carboxylic acids is 1. The van der Waals surface area contributed by atoms with Gasteiger partial charge in [-0.3, -0.25) is 4.79 Å². The summed E-state index contributed by atoms with van der Waals surface area (Å²) in [5.74, 6) is -0.390. The Balaban J connectivity index is 2.34. The van der Waals surface area contributed by atoms with Crippen LogP contribution < -0.4 is 5.32 Å². The number of rotatable bonds is 2. The predicted octanol–water partition coefficient (Wildman–Crippen LogP) is 5.66. The van der Waals surface area contributed by atoms with Crippen LogP contribution in [0.25, 0.3) is 0 Å².